The maximum Gasteiger partial charge on any atom is 0.317 e. The molecule has 0 spiro atoms. The number of carbonyl (C=O) groups excluding carboxylic acids is 1. The molecule has 1 rings (SSSR count). The molecule has 2 unspecified atom stereocenters. The van der Waals surface area contributed by atoms with Crippen LogP contribution in [-0.4, -0.2) is 66.8 Å². The molecule has 0 saturated heterocycles. The van der Waals surface area contributed by atoms with Gasteiger partial charge in [-0.25, -0.2) is 4.79 Å². The maximum absolute atomic E-state index is 12.0. The highest BCUT2D eigenvalue weighted by Gasteiger charge is 2.25. The minimum atomic E-state index is -0.0454. The van der Waals surface area contributed by atoms with Gasteiger partial charge in [-0.2, -0.15) is 0 Å². The van der Waals surface area contributed by atoms with E-state index in [2.05, 4.69) is 24.3 Å². The summed E-state index contributed by atoms with van der Waals surface area (Å²) in [6, 6.07) is 0.791. The normalized spacial score (nSPS) is 24.1. The van der Waals surface area contributed by atoms with Crippen LogP contribution in [0, 0.1) is 0 Å². The molecule has 2 N–H and O–H groups in total. The van der Waals surface area contributed by atoms with Crippen molar-refractivity contribution in [2.24, 2.45) is 0 Å². The van der Waals surface area contributed by atoms with Crippen molar-refractivity contribution < 1.29 is 9.90 Å². The second-order valence-corrected chi connectivity index (χ2v) is 5.23. The van der Waals surface area contributed by atoms with Gasteiger partial charge in [0.1, 0.15) is 0 Å². The number of nitrogens with zero attached hydrogens (tertiary/aromatic N) is 2. The maximum atomic E-state index is 12.0. The molecule has 0 aromatic rings. The predicted molar refractivity (Wildman–Crippen MR) is 72.6 cm³/mol. The lowest BCUT2D eigenvalue weighted by molar-refractivity contribution is 0.163. The zero-order chi connectivity index (χ0) is 13.5. The van der Waals surface area contributed by atoms with Crippen LogP contribution >= 0.6 is 0 Å². The fraction of sp³-hybridized carbons (Fsp3) is 0.923. The van der Waals surface area contributed by atoms with Crippen molar-refractivity contribution in [1.82, 2.24) is 15.1 Å². The molecule has 0 heterocycles. The molecular formula is C13H27N3O2. The van der Waals surface area contributed by atoms with Crippen LogP contribution in [0.4, 0.5) is 4.79 Å². The first kappa shape index (κ1) is 15.2. The van der Waals surface area contributed by atoms with E-state index in [1.807, 2.05) is 6.92 Å². The minimum Gasteiger partial charge on any atom is -0.395 e. The van der Waals surface area contributed by atoms with Gasteiger partial charge in [0.15, 0.2) is 0 Å². The van der Waals surface area contributed by atoms with E-state index >= 15 is 0 Å². The van der Waals surface area contributed by atoms with Gasteiger partial charge < -0.3 is 20.2 Å². The van der Waals surface area contributed by atoms with Gasteiger partial charge in [0.25, 0.3) is 0 Å². The molecule has 1 aliphatic rings. The number of rotatable bonds is 5. The Morgan fingerprint density at radius 2 is 2.11 bits per heavy atom. The first-order chi connectivity index (χ1) is 8.58. The molecule has 106 valence electrons. The molecule has 0 radical (unpaired) electrons. The molecule has 5 heteroatoms. The lowest BCUT2D eigenvalue weighted by atomic mass is 9.90. The van der Waals surface area contributed by atoms with Crippen LogP contribution in [0.5, 0.6) is 0 Å². The van der Waals surface area contributed by atoms with Crippen molar-refractivity contribution in [3.63, 3.8) is 0 Å². The predicted octanol–water partition coefficient (Wildman–Crippen LogP) is 0.883. The van der Waals surface area contributed by atoms with Crippen LogP contribution < -0.4 is 5.32 Å². The number of nitrogens with one attached hydrogen (secondary N) is 1. The van der Waals surface area contributed by atoms with Crippen molar-refractivity contribution in [3.05, 3.63) is 0 Å². The minimum absolute atomic E-state index is 0.0201. The molecule has 5 nitrogen and oxygen atoms in total. The quantitative estimate of drug-likeness (QED) is 0.769. The van der Waals surface area contributed by atoms with E-state index in [1.165, 1.54) is 12.8 Å². The van der Waals surface area contributed by atoms with Crippen molar-refractivity contribution >= 4 is 6.03 Å². The van der Waals surface area contributed by atoms with Crippen LogP contribution in [-0.2, 0) is 0 Å². The van der Waals surface area contributed by atoms with Crippen molar-refractivity contribution in [3.8, 4) is 0 Å². The van der Waals surface area contributed by atoms with Gasteiger partial charge in [0.2, 0.25) is 0 Å². The lowest BCUT2D eigenvalue weighted by Gasteiger charge is -2.34. The zero-order valence-electron chi connectivity index (χ0n) is 11.9. The smallest absolute Gasteiger partial charge is 0.317 e. The van der Waals surface area contributed by atoms with E-state index in [4.69, 9.17) is 5.11 Å². The summed E-state index contributed by atoms with van der Waals surface area (Å²) in [5.74, 6) is 0. The Labute approximate surface area is 110 Å². The second kappa shape index (κ2) is 7.59. The van der Waals surface area contributed by atoms with E-state index in [0.717, 1.165) is 12.8 Å². The third-order valence-electron chi connectivity index (χ3n) is 3.74. The Hall–Kier alpha value is -0.810. The van der Waals surface area contributed by atoms with E-state index in [1.54, 1.807) is 4.90 Å². The van der Waals surface area contributed by atoms with Gasteiger partial charge in [0, 0.05) is 25.2 Å². The van der Waals surface area contributed by atoms with Gasteiger partial charge in [-0.15, -0.1) is 0 Å². The van der Waals surface area contributed by atoms with Gasteiger partial charge in [-0.1, -0.05) is 0 Å². The Bertz CT molecular complexity index is 259. The standard InChI is InChI=1S/C13H27N3O2/c1-4-16(8-9-17)13(18)14-11-6-5-7-12(10-11)15(2)3/h11-12,17H,4-10H2,1-3H3,(H,14,18). The highest BCUT2D eigenvalue weighted by molar-refractivity contribution is 5.74. The summed E-state index contributed by atoms with van der Waals surface area (Å²) in [6.07, 6.45) is 4.47. The number of carbonyl (C=O) groups is 1. The highest BCUT2D eigenvalue weighted by Crippen LogP contribution is 2.21. The molecule has 2 atom stereocenters. The molecular weight excluding hydrogens is 230 g/mol. The van der Waals surface area contributed by atoms with Crippen LogP contribution in [0.25, 0.3) is 0 Å². The third-order valence-corrected chi connectivity index (χ3v) is 3.74. The van der Waals surface area contributed by atoms with E-state index in [9.17, 15) is 4.79 Å². The molecule has 1 aliphatic carbocycles. The summed E-state index contributed by atoms with van der Waals surface area (Å²) < 4.78 is 0. The third kappa shape index (κ3) is 4.46. The summed E-state index contributed by atoms with van der Waals surface area (Å²) in [6.45, 7) is 2.99. The fourth-order valence-corrected chi connectivity index (χ4v) is 2.55. The molecule has 0 aromatic heterocycles. The summed E-state index contributed by atoms with van der Waals surface area (Å²) >= 11 is 0. The van der Waals surface area contributed by atoms with Gasteiger partial charge in [-0.3, -0.25) is 0 Å². The number of urea groups is 1. The topological polar surface area (TPSA) is 55.8 Å². The average Bonchev–Trinajstić information content (AvgIpc) is 2.36. The van der Waals surface area contributed by atoms with Crippen LogP contribution in [0.3, 0.4) is 0 Å². The number of aliphatic hydroxyl groups excluding tert-OH is 1. The van der Waals surface area contributed by atoms with Crippen LogP contribution in [0.15, 0.2) is 0 Å². The van der Waals surface area contributed by atoms with Gasteiger partial charge in [-0.05, 0) is 46.7 Å². The number of likely N-dealkylation sites (N-methyl/N-ethyl adjacent to an activating group) is 1. The van der Waals surface area contributed by atoms with E-state index in [0.29, 0.717) is 19.1 Å². The first-order valence-electron chi connectivity index (χ1n) is 6.91. The number of hydrogen-bond acceptors (Lipinski definition) is 3. The summed E-state index contributed by atoms with van der Waals surface area (Å²) in [4.78, 5) is 15.9. The number of hydrogen-bond donors (Lipinski definition) is 2. The molecule has 0 bridgehead atoms. The molecule has 1 fully saturated rings. The molecule has 1 saturated carbocycles. The number of aliphatic hydroxyl groups is 1. The first-order valence-corrected chi connectivity index (χ1v) is 6.91. The second-order valence-electron chi connectivity index (χ2n) is 5.23. The molecule has 0 aliphatic heterocycles. The summed E-state index contributed by atoms with van der Waals surface area (Å²) in [7, 11) is 4.19. The fourth-order valence-electron chi connectivity index (χ4n) is 2.55. The SMILES string of the molecule is CCN(CCO)C(=O)NC1CCCC(N(C)C)C1. The Morgan fingerprint density at radius 3 is 2.67 bits per heavy atom. The average molecular weight is 257 g/mol. The summed E-state index contributed by atoms with van der Waals surface area (Å²) in [5, 5.41) is 12.0. The molecule has 2 amide bonds. The summed E-state index contributed by atoms with van der Waals surface area (Å²) in [5.41, 5.74) is 0. The largest absolute Gasteiger partial charge is 0.395 e. The Kier molecular flexibility index (Phi) is 6.43. The lowest BCUT2D eigenvalue weighted by Crippen LogP contribution is -2.49. The Morgan fingerprint density at radius 1 is 1.39 bits per heavy atom. The van der Waals surface area contributed by atoms with E-state index < -0.39 is 0 Å². The van der Waals surface area contributed by atoms with Crippen molar-refractivity contribution in [1.29, 1.82) is 0 Å². The van der Waals surface area contributed by atoms with Gasteiger partial charge >= 0.3 is 6.03 Å². The Balaban J connectivity index is 2.43. The zero-order valence-corrected chi connectivity index (χ0v) is 11.9. The monoisotopic (exact) mass is 257 g/mol. The molecule has 18 heavy (non-hydrogen) atoms. The molecule has 0 aromatic carbocycles. The van der Waals surface area contributed by atoms with Gasteiger partial charge in [0.05, 0.1) is 6.61 Å². The van der Waals surface area contributed by atoms with E-state index in [-0.39, 0.29) is 18.7 Å². The van der Waals surface area contributed by atoms with Crippen LogP contribution in [0.2, 0.25) is 0 Å². The van der Waals surface area contributed by atoms with Crippen molar-refractivity contribution in [2.75, 3.05) is 33.8 Å². The van der Waals surface area contributed by atoms with Crippen LogP contribution in [0.1, 0.15) is 32.6 Å². The highest BCUT2D eigenvalue weighted by atomic mass is 16.3. The number of amides is 2. The van der Waals surface area contributed by atoms with Crippen molar-refractivity contribution in [2.45, 2.75) is 44.7 Å².